The molecule has 0 aromatic carbocycles. The zero-order chi connectivity index (χ0) is 18.8. The van der Waals surface area contributed by atoms with E-state index >= 15 is 0 Å². The first-order chi connectivity index (χ1) is 11.5. The molecule has 25 heavy (non-hydrogen) atoms. The largest absolute Gasteiger partial charge is 0.354 e. The number of amides is 4. The third-order valence-corrected chi connectivity index (χ3v) is 5.53. The normalized spacial score (nSPS) is 28.2. The van der Waals surface area contributed by atoms with Gasteiger partial charge in [-0.1, -0.05) is 20.8 Å². The van der Waals surface area contributed by atoms with Crippen molar-refractivity contribution in [2.24, 2.45) is 17.1 Å². The fourth-order valence-electron chi connectivity index (χ4n) is 3.77. The maximum absolute atomic E-state index is 12.8. The van der Waals surface area contributed by atoms with Crippen LogP contribution in [0.4, 0.5) is 4.79 Å². The van der Waals surface area contributed by atoms with Crippen molar-refractivity contribution < 1.29 is 14.4 Å². The zero-order valence-electron chi connectivity index (χ0n) is 15.9. The number of nitrogens with zero attached hydrogens (tertiary/aromatic N) is 1. The summed E-state index contributed by atoms with van der Waals surface area (Å²) in [5.74, 6) is -0.0461. The molecule has 1 atom stereocenters. The first kappa shape index (κ1) is 19.7. The zero-order valence-corrected chi connectivity index (χ0v) is 15.9. The first-order valence-electron chi connectivity index (χ1n) is 9.21. The molecule has 0 aromatic heterocycles. The number of rotatable bonds is 5. The van der Waals surface area contributed by atoms with Crippen molar-refractivity contribution in [1.29, 1.82) is 0 Å². The molecule has 1 aliphatic carbocycles. The van der Waals surface area contributed by atoms with E-state index in [0.717, 1.165) is 17.7 Å². The Morgan fingerprint density at radius 3 is 2.48 bits per heavy atom. The molecule has 1 saturated heterocycles. The van der Waals surface area contributed by atoms with Crippen LogP contribution in [-0.2, 0) is 9.59 Å². The average molecular weight is 352 g/mol. The summed E-state index contributed by atoms with van der Waals surface area (Å²) in [4.78, 5) is 38.1. The van der Waals surface area contributed by atoms with Crippen LogP contribution in [0, 0.1) is 11.3 Å². The van der Waals surface area contributed by atoms with Gasteiger partial charge in [-0.25, -0.2) is 4.79 Å². The molecule has 1 aliphatic heterocycles. The number of nitrogens with two attached hydrogens (primary N) is 1. The van der Waals surface area contributed by atoms with Crippen LogP contribution in [0.2, 0.25) is 0 Å². The molecular weight excluding hydrogens is 320 g/mol. The van der Waals surface area contributed by atoms with Crippen molar-refractivity contribution in [2.45, 2.75) is 71.4 Å². The Balaban J connectivity index is 1.93. The van der Waals surface area contributed by atoms with Gasteiger partial charge in [0.2, 0.25) is 5.91 Å². The highest BCUT2D eigenvalue weighted by Crippen LogP contribution is 2.43. The quantitative estimate of drug-likeness (QED) is 0.650. The van der Waals surface area contributed by atoms with Crippen LogP contribution in [0.1, 0.15) is 59.8 Å². The summed E-state index contributed by atoms with van der Waals surface area (Å²) >= 11 is 0. The van der Waals surface area contributed by atoms with Crippen molar-refractivity contribution in [1.82, 2.24) is 15.5 Å². The Morgan fingerprint density at radius 2 is 1.96 bits per heavy atom. The molecule has 4 amide bonds. The summed E-state index contributed by atoms with van der Waals surface area (Å²) in [5, 5.41) is 5.57. The lowest BCUT2D eigenvalue weighted by atomic mass is 9.67. The van der Waals surface area contributed by atoms with Gasteiger partial charge in [-0.15, -0.1) is 0 Å². The van der Waals surface area contributed by atoms with Gasteiger partial charge in [-0.2, -0.15) is 0 Å². The van der Waals surface area contributed by atoms with Gasteiger partial charge in [-0.05, 0) is 50.4 Å². The highest BCUT2D eigenvalue weighted by Gasteiger charge is 2.53. The Bertz CT molecular complexity index is 531. The maximum Gasteiger partial charge on any atom is 0.325 e. The standard InChI is InChI=1S/C18H32N4O3/c1-12(19)7-10-20-14(23)11-22-15(24)18(21-16(22)25)8-5-13(6-9-18)17(2,3)4/h12-13H,5-11,19H2,1-4H3,(H,20,23)(H,21,25). The summed E-state index contributed by atoms with van der Waals surface area (Å²) in [6, 6.07) is -0.458. The predicted molar refractivity (Wildman–Crippen MR) is 95.7 cm³/mol. The fraction of sp³-hybridized carbons (Fsp3) is 0.833. The lowest BCUT2D eigenvalue weighted by molar-refractivity contribution is -0.136. The molecule has 1 saturated carbocycles. The smallest absolute Gasteiger partial charge is 0.325 e. The molecule has 1 unspecified atom stereocenters. The second-order valence-electron chi connectivity index (χ2n) is 8.66. The van der Waals surface area contributed by atoms with Crippen LogP contribution < -0.4 is 16.4 Å². The van der Waals surface area contributed by atoms with E-state index in [2.05, 4.69) is 31.4 Å². The molecule has 4 N–H and O–H groups in total. The number of carbonyl (C=O) groups is 3. The van der Waals surface area contributed by atoms with Crippen molar-refractivity contribution in [3.63, 3.8) is 0 Å². The minimum Gasteiger partial charge on any atom is -0.354 e. The van der Waals surface area contributed by atoms with Gasteiger partial charge in [0, 0.05) is 12.6 Å². The van der Waals surface area contributed by atoms with E-state index in [1.165, 1.54) is 0 Å². The number of carbonyl (C=O) groups excluding carboxylic acids is 3. The topological polar surface area (TPSA) is 105 Å². The maximum atomic E-state index is 12.8. The van der Waals surface area contributed by atoms with E-state index in [9.17, 15) is 14.4 Å². The van der Waals surface area contributed by atoms with Gasteiger partial charge in [0.1, 0.15) is 12.1 Å². The predicted octanol–water partition coefficient (Wildman–Crippen LogP) is 1.37. The van der Waals surface area contributed by atoms with Crippen molar-refractivity contribution in [3.05, 3.63) is 0 Å². The highest BCUT2D eigenvalue weighted by molar-refractivity contribution is 6.09. The lowest BCUT2D eigenvalue weighted by Crippen LogP contribution is -2.51. The van der Waals surface area contributed by atoms with Gasteiger partial charge in [0.25, 0.3) is 5.91 Å². The molecule has 0 bridgehead atoms. The van der Waals surface area contributed by atoms with Crippen LogP contribution in [0.3, 0.4) is 0 Å². The van der Waals surface area contributed by atoms with E-state index in [1.54, 1.807) is 0 Å². The summed E-state index contributed by atoms with van der Waals surface area (Å²) in [6.07, 6.45) is 3.75. The molecule has 2 rings (SSSR count). The summed E-state index contributed by atoms with van der Waals surface area (Å²) in [7, 11) is 0. The molecule has 7 heteroatoms. The minimum atomic E-state index is -0.815. The minimum absolute atomic E-state index is 0.00159. The molecule has 1 heterocycles. The van der Waals surface area contributed by atoms with Crippen molar-refractivity contribution in [3.8, 4) is 0 Å². The van der Waals surface area contributed by atoms with Gasteiger partial charge in [0.15, 0.2) is 0 Å². The molecule has 2 aliphatic rings. The van der Waals surface area contributed by atoms with E-state index < -0.39 is 11.6 Å². The second kappa shape index (κ2) is 7.32. The van der Waals surface area contributed by atoms with Crippen LogP contribution in [0.15, 0.2) is 0 Å². The monoisotopic (exact) mass is 352 g/mol. The number of hydrogen-bond acceptors (Lipinski definition) is 4. The molecule has 1 spiro atoms. The number of imide groups is 1. The van der Waals surface area contributed by atoms with Crippen molar-refractivity contribution >= 4 is 17.8 Å². The van der Waals surface area contributed by atoms with Crippen LogP contribution >= 0.6 is 0 Å². The molecule has 2 fully saturated rings. The third kappa shape index (κ3) is 4.51. The fourth-order valence-corrected chi connectivity index (χ4v) is 3.77. The molecule has 0 radical (unpaired) electrons. The Labute approximate surface area is 150 Å². The molecular formula is C18H32N4O3. The number of nitrogens with one attached hydrogen (secondary N) is 2. The summed E-state index contributed by atoms with van der Waals surface area (Å²) in [5.41, 5.74) is 5.03. The second-order valence-corrected chi connectivity index (χ2v) is 8.66. The van der Waals surface area contributed by atoms with E-state index in [1.807, 2.05) is 6.92 Å². The highest BCUT2D eigenvalue weighted by atomic mass is 16.2. The summed E-state index contributed by atoms with van der Waals surface area (Å²) in [6.45, 7) is 8.71. The van der Waals surface area contributed by atoms with Crippen LogP contribution in [0.5, 0.6) is 0 Å². The van der Waals surface area contributed by atoms with Gasteiger partial charge >= 0.3 is 6.03 Å². The van der Waals surface area contributed by atoms with Gasteiger partial charge in [-0.3, -0.25) is 14.5 Å². The SMILES string of the molecule is CC(N)CCNC(=O)CN1C(=O)NC2(CCC(C(C)(C)C)CC2)C1=O. The van der Waals surface area contributed by atoms with E-state index in [4.69, 9.17) is 5.73 Å². The van der Waals surface area contributed by atoms with Gasteiger partial charge < -0.3 is 16.4 Å². The third-order valence-electron chi connectivity index (χ3n) is 5.53. The number of hydrogen-bond donors (Lipinski definition) is 3. The van der Waals surface area contributed by atoms with E-state index in [0.29, 0.717) is 31.7 Å². The number of urea groups is 1. The molecule has 0 aromatic rings. The molecule has 142 valence electrons. The Morgan fingerprint density at radius 1 is 1.36 bits per heavy atom. The van der Waals surface area contributed by atoms with Crippen LogP contribution in [-0.4, -0.2) is 47.4 Å². The van der Waals surface area contributed by atoms with Crippen molar-refractivity contribution in [2.75, 3.05) is 13.1 Å². The average Bonchev–Trinajstić information content (AvgIpc) is 2.71. The van der Waals surface area contributed by atoms with E-state index in [-0.39, 0.29) is 29.8 Å². The first-order valence-corrected chi connectivity index (χ1v) is 9.21. The Kier molecular flexibility index (Phi) is 5.76. The van der Waals surface area contributed by atoms with Crippen LogP contribution in [0.25, 0.3) is 0 Å². The van der Waals surface area contributed by atoms with Gasteiger partial charge in [0.05, 0.1) is 0 Å². The summed E-state index contributed by atoms with van der Waals surface area (Å²) < 4.78 is 0. The Hall–Kier alpha value is -1.63. The molecule has 7 nitrogen and oxygen atoms in total. The lowest BCUT2D eigenvalue weighted by Gasteiger charge is -2.40.